The first-order valence-electron chi connectivity index (χ1n) is 6.59. The molecule has 0 spiro atoms. The van der Waals surface area contributed by atoms with Gasteiger partial charge in [-0.05, 0) is 17.4 Å². The Balaban J connectivity index is 1.99. The van der Waals surface area contributed by atoms with Gasteiger partial charge in [-0.3, -0.25) is 4.68 Å². The molecule has 5 nitrogen and oxygen atoms in total. The molecular formula is C14H17N5S. The van der Waals surface area contributed by atoms with Crippen molar-refractivity contribution < 1.29 is 0 Å². The molecule has 1 atom stereocenters. The lowest BCUT2D eigenvalue weighted by Crippen LogP contribution is -2.16. The summed E-state index contributed by atoms with van der Waals surface area (Å²) in [7, 11) is 1.89. The molecule has 0 radical (unpaired) electrons. The van der Waals surface area contributed by atoms with Crippen LogP contribution >= 0.6 is 11.3 Å². The lowest BCUT2D eigenvalue weighted by molar-refractivity contribution is 0.552. The third-order valence-electron chi connectivity index (χ3n) is 3.34. The van der Waals surface area contributed by atoms with Crippen LogP contribution in [0.15, 0.2) is 30.0 Å². The second-order valence-electron chi connectivity index (χ2n) is 5.11. The molecule has 6 heteroatoms. The van der Waals surface area contributed by atoms with Crippen LogP contribution in [0, 0.1) is 5.92 Å². The van der Waals surface area contributed by atoms with Crippen molar-refractivity contribution in [3.8, 4) is 0 Å². The van der Waals surface area contributed by atoms with Gasteiger partial charge in [0.05, 0.1) is 17.6 Å². The summed E-state index contributed by atoms with van der Waals surface area (Å²) in [6.45, 7) is 4.41. The monoisotopic (exact) mass is 287 g/mol. The molecule has 3 aromatic heterocycles. The highest BCUT2D eigenvalue weighted by Gasteiger charge is 2.19. The average molecular weight is 287 g/mol. The molecule has 3 heterocycles. The van der Waals surface area contributed by atoms with Crippen LogP contribution in [0.1, 0.15) is 24.8 Å². The zero-order chi connectivity index (χ0) is 14.1. The molecule has 0 amide bonds. The fourth-order valence-electron chi connectivity index (χ4n) is 2.26. The Bertz CT molecular complexity index is 702. The third-order valence-corrected chi connectivity index (χ3v) is 4.29. The number of nitrogens with zero attached hydrogens (tertiary/aromatic N) is 4. The second-order valence-corrected chi connectivity index (χ2v) is 6.09. The number of anilines is 1. The molecule has 0 aliphatic carbocycles. The van der Waals surface area contributed by atoms with Crippen molar-refractivity contribution in [3.05, 3.63) is 34.9 Å². The normalized spacial score (nSPS) is 13.0. The molecule has 1 N–H and O–H groups in total. The van der Waals surface area contributed by atoms with Crippen LogP contribution in [0.2, 0.25) is 0 Å². The summed E-state index contributed by atoms with van der Waals surface area (Å²) in [4.78, 5) is 9.97. The molecule has 104 valence electrons. The van der Waals surface area contributed by atoms with Gasteiger partial charge in [-0.25, -0.2) is 9.97 Å². The zero-order valence-corrected chi connectivity index (χ0v) is 12.6. The molecule has 3 aromatic rings. The van der Waals surface area contributed by atoms with Crippen molar-refractivity contribution in [2.24, 2.45) is 13.0 Å². The van der Waals surface area contributed by atoms with E-state index in [1.807, 2.05) is 13.2 Å². The van der Waals surface area contributed by atoms with E-state index in [1.165, 1.54) is 4.88 Å². The molecule has 0 saturated heterocycles. The van der Waals surface area contributed by atoms with Crippen molar-refractivity contribution >= 4 is 28.2 Å². The predicted molar refractivity (Wildman–Crippen MR) is 81.8 cm³/mol. The van der Waals surface area contributed by atoms with Crippen molar-refractivity contribution in [2.75, 3.05) is 5.32 Å². The third kappa shape index (κ3) is 2.27. The van der Waals surface area contributed by atoms with Crippen LogP contribution in [0.25, 0.3) is 11.0 Å². The van der Waals surface area contributed by atoms with E-state index in [-0.39, 0.29) is 6.04 Å². The first-order chi connectivity index (χ1) is 9.66. The molecule has 0 fully saturated rings. The Morgan fingerprint density at radius 2 is 2.15 bits per heavy atom. The maximum atomic E-state index is 4.38. The van der Waals surface area contributed by atoms with E-state index in [2.05, 4.69) is 51.7 Å². The lowest BCUT2D eigenvalue weighted by atomic mass is 10.0. The summed E-state index contributed by atoms with van der Waals surface area (Å²) in [5.74, 6) is 1.31. The van der Waals surface area contributed by atoms with Crippen LogP contribution in [0.3, 0.4) is 0 Å². The Labute approximate surface area is 121 Å². The van der Waals surface area contributed by atoms with E-state index in [0.29, 0.717) is 5.92 Å². The van der Waals surface area contributed by atoms with Crippen molar-refractivity contribution in [2.45, 2.75) is 19.9 Å². The van der Waals surface area contributed by atoms with E-state index in [9.17, 15) is 0 Å². The predicted octanol–water partition coefficient (Wildman–Crippen LogP) is 3.23. The van der Waals surface area contributed by atoms with E-state index >= 15 is 0 Å². The first kappa shape index (κ1) is 13.1. The Kier molecular flexibility index (Phi) is 3.40. The fourth-order valence-corrected chi connectivity index (χ4v) is 3.21. The minimum Gasteiger partial charge on any atom is -0.361 e. The van der Waals surface area contributed by atoms with Gasteiger partial charge < -0.3 is 5.32 Å². The number of aromatic nitrogens is 4. The van der Waals surface area contributed by atoms with Crippen molar-refractivity contribution in [1.82, 2.24) is 19.7 Å². The largest absolute Gasteiger partial charge is 0.361 e. The molecular weight excluding hydrogens is 270 g/mol. The van der Waals surface area contributed by atoms with E-state index in [4.69, 9.17) is 0 Å². The van der Waals surface area contributed by atoms with Gasteiger partial charge in [-0.15, -0.1) is 11.3 Å². The number of nitrogens with one attached hydrogen (secondary N) is 1. The fraction of sp³-hybridized carbons (Fsp3) is 0.357. The smallest absolute Gasteiger partial charge is 0.163 e. The van der Waals surface area contributed by atoms with E-state index < -0.39 is 0 Å². The molecule has 0 aliphatic rings. The molecule has 1 unspecified atom stereocenters. The van der Waals surface area contributed by atoms with Gasteiger partial charge in [0.25, 0.3) is 0 Å². The van der Waals surface area contributed by atoms with Gasteiger partial charge in [-0.2, -0.15) is 5.10 Å². The lowest BCUT2D eigenvalue weighted by Gasteiger charge is -2.22. The average Bonchev–Trinajstić information content (AvgIpc) is 3.06. The summed E-state index contributed by atoms with van der Waals surface area (Å²) >= 11 is 1.76. The molecule has 0 aromatic carbocycles. The SMILES string of the molecule is CC(C)C(Nc1ncnc2c1cnn2C)c1cccs1. The van der Waals surface area contributed by atoms with Gasteiger partial charge in [0, 0.05) is 11.9 Å². The molecule has 3 rings (SSSR count). The number of hydrogen-bond acceptors (Lipinski definition) is 5. The minimum absolute atomic E-state index is 0.244. The highest BCUT2D eigenvalue weighted by molar-refractivity contribution is 7.10. The first-order valence-corrected chi connectivity index (χ1v) is 7.47. The Morgan fingerprint density at radius 3 is 2.85 bits per heavy atom. The summed E-state index contributed by atoms with van der Waals surface area (Å²) in [6.07, 6.45) is 3.39. The number of hydrogen-bond donors (Lipinski definition) is 1. The summed E-state index contributed by atoms with van der Waals surface area (Å²) < 4.78 is 1.76. The molecule has 0 aliphatic heterocycles. The highest BCUT2D eigenvalue weighted by Crippen LogP contribution is 2.31. The van der Waals surface area contributed by atoms with Gasteiger partial charge in [-0.1, -0.05) is 19.9 Å². The number of aryl methyl sites for hydroxylation is 1. The van der Waals surface area contributed by atoms with Crippen molar-refractivity contribution in [1.29, 1.82) is 0 Å². The second kappa shape index (κ2) is 5.20. The van der Waals surface area contributed by atoms with Gasteiger partial charge in [0.2, 0.25) is 0 Å². The van der Waals surface area contributed by atoms with Crippen LogP contribution in [-0.4, -0.2) is 19.7 Å². The molecule has 20 heavy (non-hydrogen) atoms. The number of thiophene rings is 1. The van der Waals surface area contributed by atoms with E-state index in [0.717, 1.165) is 16.9 Å². The Morgan fingerprint density at radius 1 is 1.30 bits per heavy atom. The maximum absolute atomic E-state index is 4.38. The Hall–Kier alpha value is -1.95. The molecule has 0 saturated carbocycles. The van der Waals surface area contributed by atoms with Crippen LogP contribution in [0.4, 0.5) is 5.82 Å². The van der Waals surface area contributed by atoms with E-state index in [1.54, 1.807) is 22.3 Å². The minimum atomic E-state index is 0.244. The molecule has 0 bridgehead atoms. The van der Waals surface area contributed by atoms with Gasteiger partial charge >= 0.3 is 0 Å². The van der Waals surface area contributed by atoms with Crippen molar-refractivity contribution in [3.63, 3.8) is 0 Å². The summed E-state index contributed by atoms with van der Waals surface area (Å²) in [5.41, 5.74) is 0.844. The van der Waals surface area contributed by atoms with Gasteiger partial charge in [0.1, 0.15) is 12.1 Å². The summed E-state index contributed by atoms with van der Waals surface area (Å²) in [5, 5.41) is 10.9. The quantitative estimate of drug-likeness (QED) is 0.800. The van der Waals surface area contributed by atoms with Gasteiger partial charge in [0.15, 0.2) is 5.65 Å². The summed E-state index contributed by atoms with van der Waals surface area (Å²) in [6, 6.07) is 4.48. The topological polar surface area (TPSA) is 55.6 Å². The number of fused-ring (bicyclic) bond motifs is 1. The maximum Gasteiger partial charge on any atom is 0.163 e. The zero-order valence-electron chi connectivity index (χ0n) is 11.7. The van der Waals surface area contributed by atoms with Crippen LogP contribution in [-0.2, 0) is 7.05 Å². The standard InChI is InChI=1S/C14H17N5S/c1-9(2)12(11-5-4-6-20-11)18-13-10-7-17-19(3)14(10)16-8-15-13/h4-9,12H,1-3H3,(H,15,16,18). The number of rotatable bonds is 4. The van der Waals surface area contributed by atoms with Crippen LogP contribution < -0.4 is 5.32 Å². The highest BCUT2D eigenvalue weighted by atomic mass is 32.1. The van der Waals surface area contributed by atoms with Crippen LogP contribution in [0.5, 0.6) is 0 Å².